The molecule has 2 nitrogen and oxygen atoms in total. The van der Waals surface area contributed by atoms with Crippen molar-refractivity contribution in [3.05, 3.63) is 59.2 Å². The van der Waals surface area contributed by atoms with Crippen molar-refractivity contribution in [2.45, 2.75) is 37.5 Å². The molecule has 2 rings (SSSR count). The summed E-state index contributed by atoms with van der Waals surface area (Å²) < 4.78 is 44.3. The first-order valence-electron chi connectivity index (χ1n) is 7.47. The Morgan fingerprint density at radius 3 is 2.52 bits per heavy atom. The van der Waals surface area contributed by atoms with Gasteiger partial charge in [0.25, 0.3) is 0 Å². The summed E-state index contributed by atoms with van der Waals surface area (Å²) in [6, 6.07) is 7.65. The Balaban J connectivity index is 2.49. The Hall–Kier alpha value is -1.59. The van der Waals surface area contributed by atoms with Gasteiger partial charge in [-0.15, -0.1) is 0 Å². The summed E-state index contributed by atoms with van der Waals surface area (Å²) in [7, 11) is 1.32. The maximum absolute atomic E-state index is 13.0. The van der Waals surface area contributed by atoms with Crippen molar-refractivity contribution in [2.24, 2.45) is 0 Å². The summed E-state index contributed by atoms with van der Waals surface area (Å²) in [6.45, 7) is 3.56. The number of hydrogen-bond donors (Lipinski definition) is 1. The van der Waals surface area contributed by atoms with Crippen molar-refractivity contribution in [3.8, 4) is 0 Å². The highest BCUT2D eigenvalue weighted by atomic mass is 19.4. The number of hydrogen-bond acceptors (Lipinski definition) is 2. The van der Waals surface area contributed by atoms with Crippen LogP contribution in [0.25, 0.3) is 0 Å². The fraction of sp³-hybridized carbons (Fsp3) is 0.444. The predicted molar refractivity (Wildman–Crippen MR) is 83.4 cm³/mol. The molecule has 0 spiro atoms. The maximum Gasteiger partial charge on any atom is 0.416 e. The zero-order chi connectivity index (χ0) is 17.3. The van der Waals surface area contributed by atoms with Crippen molar-refractivity contribution in [2.75, 3.05) is 13.7 Å². The molecule has 1 aliphatic carbocycles. The summed E-state index contributed by atoms with van der Waals surface area (Å²) in [4.78, 5) is 0. The molecule has 0 fully saturated rings. The lowest BCUT2D eigenvalue weighted by Crippen LogP contribution is -2.42. The van der Waals surface area contributed by atoms with Gasteiger partial charge in [0, 0.05) is 13.0 Å². The minimum atomic E-state index is -4.47. The maximum atomic E-state index is 13.0. The largest absolute Gasteiger partial charge is 0.416 e. The standard InChI is InChI=1S/C18H21F3O2/c1-12(2)13-5-4-6-14(9-13)16-8-7-15(18(19,20)21)10-17(16,11-22)23-3/h4-10,12,16,22H,11H2,1-3H3. The first-order chi connectivity index (χ1) is 10.7. The number of allylic oxidation sites excluding steroid dienone is 2. The van der Waals surface area contributed by atoms with Gasteiger partial charge in [-0.25, -0.2) is 0 Å². The molecule has 0 radical (unpaired) electrons. The van der Waals surface area contributed by atoms with Crippen LogP contribution in [0, 0.1) is 0 Å². The average molecular weight is 326 g/mol. The first kappa shape index (κ1) is 17.8. The van der Waals surface area contributed by atoms with E-state index in [9.17, 15) is 18.3 Å². The smallest absolute Gasteiger partial charge is 0.393 e. The normalized spacial score (nSPS) is 24.9. The van der Waals surface area contributed by atoms with E-state index in [-0.39, 0.29) is 0 Å². The molecule has 2 atom stereocenters. The lowest BCUT2D eigenvalue weighted by Gasteiger charge is -2.38. The van der Waals surface area contributed by atoms with E-state index in [0.29, 0.717) is 5.92 Å². The van der Waals surface area contributed by atoms with Gasteiger partial charge in [-0.1, -0.05) is 50.3 Å². The minimum Gasteiger partial charge on any atom is -0.393 e. The summed E-state index contributed by atoms with van der Waals surface area (Å²) >= 11 is 0. The molecule has 1 N–H and O–H groups in total. The number of ether oxygens (including phenoxy) is 1. The van der Waals surface area contributed by atoms with Crippen LogP contribution in [0.4, 0.5) is 13.2 Å². The van der Waals surface area contributed by atoms with Crippen LogP contribution in [-0.2, 0) is 4.74 Å². The summed E-state index contributed by atoms with van der Waals surface area (Å²) in [5.41, 5.74) is -0.315. The average Bonchev–Trinajstić information content (AvgIpc) is 2.53. The van der Waals surface area contributed by atoms with Gasteiger partial charge in [-0.05, 0) is 23.1 Å². The molecule has 0 aliphatic heterocycles. The molecule has 126 valence electrons. The molecule has 1 aromatic rings. The number of rotatable bonds is 4. The molecule has 0 saturated carbocycles. The van der Waals surface area contributed by atoms with Crippen molar-refractivity contribution in [1.29, 1.82) is 0 Å². The molecule has 1 aliphatic rings. The molecule has 1 aromatic carbocycles. The van der Waals surface area contributed by atoms with Gasteiger partial charge in [0.05, 0.1) is 12.2 Å². The van der Waals surface area contributed by atoms with Crippen LogP contribution in [0.5, 0.6) is 0 Å². The fourth-order valence-corrected chi connectivity index (χ4v) is 2.84. The Morgan fingerprint density at radius 2 is 2.00 bits per heavy atom. The molecular weight excluding hydrogens is 305 g/mol. The molecule has 0 aromatic heterocycles. The third-order valence-corrected chi connectivity index (χ3v) is 4.29. The van der Waals surface area contributed by atoms with Gasteiger partial charge in [0.2, 0.25) is 0 Å². The van der Waals surface area contributed by atoms with Crippen LogP contribution in [0.3, 0.4) is 0 Å². The summed E-state index contributed by atoms with van der Waals surface area (Å²) in [5.74, 6) is -0.183. The molecule has 23 heavy (non-hydrogen) atoms. The SMILES string of the molecule is COC1(CO)C=C(C(F)(F)F)C=CC1c1cccc(C(C)C)c1. The molecule has 0 bridgehead atoms. The minimum absolute atomic E-state index is 0.301. The first-order valence-corrected chi connectivity index (χ1v) is 7.47. The highest BCUT2D eigenvalue weighted by Crippen LogP contribution is 2.42. The van der Waals surface area contributed by atoms with Crippen molar-refractivity contribution in [1.82, 2.24) is 0 Å². The zero-order valence-electron chi connectivity index (χ0n) is 13.4. The number of aliphatic hydroxyl groups is 1. The van der Waals surface area contributed by atoms with E-state index in [1.807, 2.05) is 38.1 Å². The van der Waals surface area contributed by atoms with Crippen LogP contribution in [-0.4, -0.2) is 30.6 Å². The van der Waals surface area contributed by atoms with E-state index < -0.39 is 29.9 Å². The van der Waals surface area contributed by atoms with Gasteiger partial charge in [0.1, 0.15) is 5.60 Å². The third-order valence-electron chi connectivity index (χ3n) is 4.29. The molecule has 5 heteroatoms. The number of aliphatic hydroxyl groups excluding tert-OH is 1. The van der Waals surface area contributed by atoms with Crippen LogP contribution in [0.1, 0.15) is 36.8 Å². The topological polar surface area (TPSA) is 29.5 Å². The van der Waals surface area contributed by atoms with Crippen LogP contribution in [0.2, 0.25) is 0 Å². The monoisotopic (exact) mass is 326 g/mol. The number of benzene rings is 1. The van der Waals surface area contributed by atoms with Gasteiger partial charge in [-0.3, -0.25) is 0 Å². The lowest BCUT2D eigenvalue weighted by molar-refractivity contribution is -0.0934. The highest BCUT2D eigenvalue weighted by Gasteiger charge is 2.44. The molecule has 0 amide bonds. The number of halogens is 3. The predicted octanol–water partition coefficient (Wildman–Crippen LogP) is 4.33. The Labute approximate surface area is 134 Å². The van der Waals surface area contributed by atoms with Gasteiger partial charge in [0.15, 0.2) is 0 Å². The molecular formula is C18H21F3O2. The van der Waals surface area contributed by atoms with E-state index in [0.717, 1.165) is 23.3 Å². The van der Waals surface area contributed by atoms with E-state index in [1.54, 1.807) is 0 Å². The van der Waals surface area contributed by atoms with Gasteiger partial charge < -0.3 is 9.84 Å². The van der Waals surface area contributed by atoms with E-state index >= 15 is 0 Å². The second-order valence-electron chi connectivity index (χ2n) is 6.08. The van der Waals surface area contributed by atoms with Crippen LogP contribution >= 0.6 is 0 Å². The van der Waals surface area contributed by atoms with Crippen molar-refractivity contribution in [3.63, 3.8) is 0 Å². The molecule has 0 saturated heterocycles. The second kappa shape index (κ2) is 6.49. The summed E-state index contributed by atoms with van der Waals surface area (Å²) in [6.07, 6.45) is -0.971. The molecule has 2 unspecified atom stereocenters. The van der Waals surface area contributed by atoms with Crippen LogP contribution in [0.15, 0.2) is 48.1 Å². The molecule has 0 heterocycles. The Bertz CT molecular complexity index is 611. The lowest BCUT2D eigenvalue weighted by atomic mass is 9.77. The van der Waals surface area contributed by atoms with Crippen molar-refractivity contribution >= 4 is 0 Å². The van der Waals surface area contributed by atoms with E-state index in [4.69, 9.17) is 4.74 Å². The third kappa shape index (κ3) is 3.51. The fourth-order valence-electron chi connectivity index (χ4n) is 2.84. The van der Waals surface area contributed by atoms with E-state index in [2.05, 4.69) is 0 Å². The second-order valence-corrected chi connectivity index (χ2v) is 6.08. The van der Waals surface area contributed by atoms with E-state index in [1.165, 1.54) is 13.2 Å². The Kier molecular flexibility index (Phi) is 5.01. The summed E-state index contributed by atoms with van der Waals surface area (Å²) in [5, 5.41) is 9.76. The number of methoxy groups -OCH3 is 1. The quantitative estimate of drug-likeness (QED) is 0.892. The van der Waals surface area contributed by atoms with Gasteiger partial charge in [-0.2, -0.15) is 13.2 Å². The number of alkyl halides is 3. The van der Waals surface area contributed by atoms with Crippen LogP contribution < -0.4 is 0 Å². The zero-order valence-corrected chi connectivity index (χ0v) is 13.4. The highest BCUT2D eigenvalue weighted by molar-refractivity contribution is 5.43. The van der Waals surface area contributed by atoms with Crippen molar-refractivity contribution < 1.29 is 23.0 Å². The Morgan fingerprint density at radius 1 is 1.30 bits per heavy atom. The van der Waals surface area contributed by atoms with Gasteiger partial charge >= 0.3 is 6.18 Å².